The Hall–Kier alpha value is 0.154. The summed E-state index contributed by atoms with van der Waals surface area (Å²) in [6.45, 7) is 8.29. The first-order valence-corrected chi connectivity index (χ1v) is 5.30. The van der Waals surface area contributed by atoms with Gasteiger partial charge in [0.2, 0.25) is 0 Å². The fourth-order valence-corrected chi connectivity index (χ4v) is 0.645. The van der Waals surface area contributed by atoms with Crippen LogP contribution in [0.25, 0.3) is 0 Å². The van der Waals surface area contributed by atoms with Gasteiger partial charge < -0.3 is 5.11 Å². The Morgan fingerprint density at radius 3 is 1.73 bits per heavy atom. The van der Waals surface area contributed by atoms with Gasteiger partial charge in [-0.2, -0.15) is 24.1 Å². The first-order valence-electron chi connectivity index (χ1n) is 5.30. The molecule has 1 nitrogen and oxygen atoms in total. The number of hydrogen-bond donors (Lipinski definition) is 1. The van der Waals surface area contributed by atoms with Crippen molar-refractivity contribution < 1.29 is 37.8 Å². The van der Waals surface area contributed by atoms with E-state index in [2.05, 4.69) is 18.6 Å². The molecule has 0 bridgehead atoms. The summed E-state index contributed by atoms with van der Waals surface area (Å²) in [5.74, 6) is 0. The molecule has 0 heterocycles. The minimum Gasteiger partial charge on any atom is -0.396 e. The molecule has 0 aliphatic rings. The quantitative estimate of drug-likeness (QED) is 0.821. The van der Waals surface area contributed by atoms with Gasteiger partial charge in [0.25, 0.3) is 0 Å². The zero-order chi connectivity index (χ0) is 11.2. The second-order valence-corrected chi connectivity index (χ2v) is 2.42. The molecule has 1 rings (SSSR count). The molecule has 0 aromatic heterocycles. The van der Waals surface area contributed by atoms with E-state index in [1.807, 2.05) is 45.9 Å². The average Bonchev–Trinajstić information content (AvgIpc) is 2.33. The van der Waals surface area contributed by atoms with E-state index in [1.165, 1.54) is 5.56 Å². The fourth-order valence-electron chi connectivity index (χ4n) is 0.645. The van der Waals surface area contributed by atoms with Crippen LogP contribution in [0.2, 0.25) is 0 Å². The van der Waals surface area contributed by atoms with E-state index in [9.17, 15) is 0 Å². The van der Waals surface area contributed by atoms with Crippen molar-refractivity contribution in [1.29, 1.82) is 0 Å². The van der Waals surface area contributed by atoms with Crippen LogP contribution in [-0.4, -0.2) is 11.7 Å². The molecule has 0 fully saturated rings. The Kier molecular flexibility index (Phi) is 27.0. The topological polar surface area (TPSA) is 20.2 Å². The fraction of sp³-hybridized carbons (Fsp3) is 0.462. The smallest absolute Gasteiger partial charge is 0.0428 e. The molecule has 0 amide bonds. The predicted octanol–water partition coefficient (Wildman–Crippen LogP) is 3.67. The van der Waals surface area contributed by atoms with Crippen molar-refractivity contribution >= 4 is 0 Å². The van der Waals surface area contributed by atoms with Crippen molar-refractivity contribution in [1.82, 2.24) is 0 Å². The van der Waals surface area contributed by atoms with E-state index in [0.29, 0.717) is 6.61 Å². The molecule has 0 spiro atoms. The monoisotopic (exact) mass is 284 g/mol. The van der Waals surface area contributed by atoms with E-state index in [1.54, 1.807) is 0 Å². The van der Waals surface area contributed by atoms with Crippen LogP contribution in [0.5, 0.6) is 0 Å². The Bertz CT molecular complexity index is 173. The summed E-state index contributed by atoms with van der Waals surface area (Å²) in [4.78, 5) is 0. The summed E-state index contributed by atoms with van der Waals surface area (Å²) in [6, 6.07) is 10.3. The number of rotatable bonds is 2. The molecule has 0 saturated carbocycles. The minimum atomic E-state index is 0. The molecule has 1 aromatic rings. The summed E-state index contributed by atoms with van der Waals surface area (Å²) in [7, 11) is 0. The van der Waals surface area contributed by atoms with Crippen LogP contribution in [0, 0.1) is 6.42 Å². The largest absolute Gasteiger partial charge is 0.396 e. The first-order chi connectivity index (χ1) is 6.85. The SMILES string of the molecule is CC.CCCO.C[CH-]c1ccccc1.[Y]. The molecule has 0 unspecified atom stereocenters. The maximum Gasteiger partial charge on any atom is 0.0428 e. The van der Waals surface area contributed by atoms with Gasteiger partial charge in [-0.15, -0.1) is 12.1 Å². The van der Waals surface area contributed by atoms with Crippen LogP contribution in [-0.2, 0) is 32.7 Å². The molecule has 0 aliphatic carbocycles. The zero-order valence-electron chi connectivity index (χ0n) is 10.4. The van der Waals surface area contributed by atoms with Crippen LogP contribution >= 0.6 is 0 Å². The van der Waals surface area contributed by atoms with Gasteiger partial charge in [-0.1, -0.05) is 33.8 Å². The third-order valence-corrected chi connectivity index (χ3v) is 1.36. The second-order valence-electron chi connectivity index (χ2n) is 2.42. The Labute approximate surface area is 120 Å². The third-order valence-electron chi connectivity index (χ3n) is 1.36. The molecule has 0 atom stereocenters. The molecule has 1 N–H and O–H groups in total. The maximum absolute atomic E-state index is 7.88. The van der Waals surface area contributed by atoms with Crippen LogP contribution in [0.1, 0.15) is 39.7 Å². The first kappa shape index (κ1) is 20.6. The molecular weight excluding hydrogens is 261 g/mol. The Morgan fingerprint density at radius 1 is 1.13 bits per heavy atom. The van der Waals surface area contributed by atoms with Gasteiger partial charge in [0, 0.05) is 39.3 Å². The molecule has 1 radical (unpaired) electrons. The number of aliphatic hydroxyl groups excluding tert-OH is 1. The molecule has 2 heteroatoms. The minimum absolute atomic E-state index is 0. The van der Waals surface area contributed by atoms with E-state index < -0.39 is 0 Å². The number of benzene rings is 1. The summed E-state index contributed by atoms with van der Waals surface area (Å²) < 4.78 is 0. The van der Waals surface area contributed by atoms with Gasteiger partial charge in [-0.3, -0.25) is 0 Å². The van der Waals surface area contributed by atoms with Crippen molar-refractivity contribution in [2.75, 3.05) is 6.61 Å². The number of aliphatic hydroxyl groups is 1. The standard InChI is InChI=1S/C8H9.C3H8O.C2H6.Y/c1-2-8-6-4-3-5-7-8;1-2-3-4;1-2;/h2-7H,1H3;4H,2-3H2,1H3;1-2H3;/q-1;;;. The molecule has 1 aromatic carbocycles. The zero-order valence-corrected chi connectivity index (χ0v) is 13.2. The predicted molar refractivity (Wildman–Crippen MR) is 64.2 cm³/mol. The van der Waals surface area contributed by atoms with Gasteiger partial charge in [0.15, 0.2) is 0 Å². The van der Waals surface area contributed by atoms with Crippen LogP contribution in [0.15, 0.2) is 30.3 Å². The van der Waals surface area contributed by atoms with Crippen LogP contribution in [0.4, 0.5) is 0 Å². The molecule has 0 aliphatic heterocycles. The Balaban J connectivity index is -0.000000179. The number of hydrogen-bond acceptors (Lipinski definition) is 1. The summed E-state index contributed by atoms with van der Waals surface area (Å²) in [5.41, 5.74) is 1.28. The van der Waals surface area contributed by atoms with Crippen molar-refractivity contribution in [3.05, 3.63) is 42.3 Å². The van der Waals surface area contributed by atoms with Gasteiger partial charge >= 0.3 is 0 Å². The van der Waals surface area contributed by atoms with Crippen molar-refractivity contribution in [3.8, 4) is 0 Å². The third kappa shape index (κ3) is 16.8. The van der Waals surface area contributed by atoms with Crippen LogP contribution < -0.4 is 0 Å². The second kappa shape index (κ2) is 19.7. The van der Waals surface area contributed by atoms with E-state index in [-0.39, 0.29) is 32.7 Å². The molecule has 0 saturated heterocycles. The maximum atomic E-state index is 7.88. The van der Waals surface area contributed by atoms with E-state index in [0.717, 1.165) is 6.42 Å². The summed E-state index contributed by atoms with van der Waals surface area (Å²) in [5, 5.41) is 7.88. The summed E-state index contributed by atoms with van der Waals surface area (Å²) in [6.07, 6.45) is 2.96. The normalized spacial score (nSPS) is 7.00. The van der Waals surface area contributed by atoms with Gasteiger partial charge in [0.1, 0.15) is 0 Å². The van der Waals surface area contributed by atoms with Crippen molar-refractivity contribution in [2.45, 2.75) is 34.1 Å². The van der Waals surface area contributed by atoms with E-state index >= 15 is 0 Å². The molecule has 85 valence electrons. The molecular formula is C13H23OY-. The van der Waals surface area contributed by atoms with Gasteiger partial charge in [-0.25, -0.2) is 0 Å². The van der Waals surface area contributed by atoms with Crippen molar-refractivity contribution in [2.24, 2.45) is 0 Å². The van der Waals surface area contributed by atoms with Crippen molar-refractivity contribution in [3.63, 3.8) is 0 Å². The summed E-state index contributed by atoms with van der Waals surface area (Å²) >= 11 is 0. The van der Waals surface area contributed by atoms with Gasteiger partial charge in [-0.05, 0) is 6.42 Å². The Morgan fingerprint density at radius 2 is 1.53 bits per heavy atom. The average molecular weight is 284 g/mol. The van der Waals surface area contributed by atoms with Gasteiger partial charge in [0.05, 0.1) is 0 Å². The van der Waals surface area contributed by atoms with E-state index in [4.69, 9.17) is 5.11 Å². The molecule has 15 heavy (non-hydrogen) atoms. The van der Waals surface area contributed by atoms with Crippen LogP contribution in [0.3, 0.4) is 0 Å².